The van der Waals surface area contributed by atoms with Crippen LogP contribution >= 0.6 is 11.3 Å². The number of hydrogen-bond acceptors (Lipinski definition) is 4. The zero-order valence-corrected chi connectivity index (χ0v) is 53.0. The van der Waals surface area contributed by atoms with Crippen LogP contribution in [-0.4, -0.2) is 11.3 Å². The second-order valence-corrected chi connectivity index (χ2v) is 28.8. The van der Waals surface area contributed by atoms with Crippen molar-refractivity contribution in [1.82, 2.24) is 4.57 Å². The van der Waals surface area contributed by atoms with E-state index in [1.54, 1.807) is 0 Å². The summed E-state index contributed by atoms with van der Waals surface area (Å²) in [6.45, 7) is 27.7. The lowest BCUT2D eigenvalue weighted by Crippen LogP contribution is -2.61. The first-order valence-corrected chi connectivity index (χ1v) is 31.7. The molecule has 87 heavy (non-hydrogen) atoms. The smallest absolute Gasteiger partial charge is 0.252 e. The molecule has 0 unspecified atom stereocenters. The molecule has 2 aliphatic heterocycles. The lowest BCUT2D eigenvalue weighted by molar-refractivity contribution is 0.590. The summed E-state index contributed by atoms with van der Waals surface area (Å²) < 4.78 is 5.08. The van der Waals surface area contributed by atoms with E-state index in [1.807, 2.05) is 11.3 Å². The number of fused-ring (bicyclic) bond motifs is 10. The molecule has 0 fully saturated rings. The van der Waals surface area contributed by atoms with Crippen LogP contribution in [0.15, 0.2) is 224 Å². The topological polar surface area (TPSA) is 14.7 Å². The predicted octanol–water partition coefficient (Wildman–Crippen LogP) is 21.2. The number of aryl methyl sites for hydroxylation is 3. The van der Waals surface area contributed by atoms with Crippen LogP contribution in [-0.2, 0) is 16.2 Å². The molecule has 0 saturated carbocycles. The Labute approximate surface area is 517 Å². The molecule has 2 aromatic heterocycles. The van der Waals surface area contributed by atoms with Crippen molar-refractivity contribution in [3.8, 4) is 16.8 Å². The van der Waals surface area contributed by atoms with Crippen molar-refractivity contribution in [3.63, 3.8) is 0 Å². The Morgan fingerprint density at radius 1 is 0.368 bits per heavy atom. The third-order valence-electron chi connectivity index (χ3n) is 18.7. The summed E-state index contributed by atoms with van der Waals surface area (Å²) in [5.74, 6) is 0. The van der Waals surface area contributed by atoms with Crippen LogP contribution in [0, 0.1) is 20.8 Å². The average Bonchev–Trinajstić information content (AvgIpc) is 1.38. The van der Waals surface area contributed by atoms with Crippen LogP contribution in [0.3, 0.4) is 0 Å². The van der Waals surface area contributed by atoms with Crippen molar-refractivity contribution in [1.29, 1.82) is 0 Å². The number of rotatable bonds is 7. The summed E-state index contributed by atoms with van der Waals surface area (Å²) >= 11 is 1.89. The van der Waals surface area contributed by atoms with Crippen LogP contribution in [0.2, 0.25) is 0 Å². The van der Waals surface area contributed by atoms with E-state index in [2.05, 4.69) is 327 Å². The van der Waals surface area contributed by atoms with Crippen LogP contribution in [0.1, 0.15) is 95.7 Å². The third kappa shape index (κ3) is 9.00. The minimum Gasteiger partial charge on any atom is -0.311 e. The van der Waals surface area contributed by atoms with Crippen molar-refractivity contribution in [2.45, 2.75) is 99.3 Å². The molecule has 0 atom stereocenters. The molecule has 0 bridgehead atoms. The molecule has 15 rings (SSSR count). The second-order valence-electron chi connectivity index (χ2n) is 27.7. The summed E-state index contributed by atoms with van der Waals surface area (Å²) in [5, 5.41) is 5.11. The van der Waals surface area contributed by atoms with E-state index in [1.165, 1.54) is 120 Å². The molecule has 11 aromatic carbocycles. The van der Waals surface area contributed by atoms with E-state index in [-0.39, 0.29) is 23.0 Å². The van der Waals surface area contributed by atoms with Gasteiger partial charge >= 0.3 is 0 Å². The maximum atomic E-state index is 2.62. The van der Waals surface area contributed by atoms with E-state index in [0.717, 1.165) is 39.6 Å². The maximum Gasteiger partial charge on any atom is 0.252 e. The minimum absolute atomic E-state index is 0.0118. The third-order valence-corrected chi connectivity index (χ3v) is 19.8. The summed E-state index contributed by atoms with van der Waals surface area (Å²) in [5.41, 5.74) is 27.9. The Kier molecular flexibility index (Phi) is 12.5. The standard InChI is InChI=1S/C81H73BN4S/c1-50-42-73-78-74(43-50)86(62-44-51(2)77(52(3)45-62)53-26-38-66-65-23-17-19-25-75(65)87-76(66)46-53)72-49-61(37-41-68(72)82(78)67-40-31-56(81(10,11)12)47-71(67)85(73)59-34-29-55(30-35-59)80(7,8)9)83(58-32-27-54(28-33-58)79(4,5)6)60-36-39-64-63-22-16-18-24-69(63)84(70(64)48-60)57-20-14-13-15-21-57/h13-49H,1-12H3. The highest BCUT2D eigenvalue weighted by Gasteiger charge is 2.44. The van der Waals surface area contributed by atoms with Gasteiger partial charge in [-0.2, -0.15) is 0 Å². The van der Waals surface area contributed by atoms with Gasteiger partial charge in [0.2, 0.25) is 0 Å². The van der Waals surface area contributed by atoms with Crippen molar-refractivity contribution in [2.75, 3.05) is 14.7 Å². The van der Waals surface area contributed by atoms with Gasteiger partial charge in [-0.1, -0.05) is 178 Å². The van der Waals surface area contributed by atoms with E-state index in [9.17, 15) is 0 Å². The fraction of sp³-hybridized carbons (Fsp3) is 0.185. The summed E-state index contributed by atoms with van der Waals surface area (Å²) in [4.78, 5) is 7.69. The van der Waals surface area contributed by atoms with Gasteiger partial charge < -0.3 is 19.3 Å². The van der Waals surface area contributed by atoms with E-state index >= 15 is 0 Å². The molecular weight excluding hydrogens is 1070 g/mol. The van der Waals surface area contributed by atoms with E-state index in [4.69, 9.17) is 0 Å². The Morgan fingerprint density at radius 3 is 1.56 bits per heavy atom. The molecule has 2 aliphatic rings. The van der Waals surface area contributed by atoms with Gasteiger partial charge in [0.15, 0.2) is 0 Å². The number of anilines is 9. The van der Waals surface area contributed by atoms with Gasteiger partial charge in [0, 0.05) is 87.8 Å². The molecule has 6 heteroatoms. The quantitative estimate of drug-likeness (QED) is 0.148. The molecule has 4 heterocycles. The lowest BCUT2D eigenvalue weighted by atomic mass is 9.33. The number of aromatic nitrogens is 1. The SMILES string of the molecule is Cc1cc2c3c(c1)N(c1ccc(C(C)(C)C)cc1)c1cc(C(C)(C)C)ccc1B3c1ccc(N(c3ccc(C(C)(C)C)cc3)c3ccc4c5ccccc5n(-c5ccccc5)c4c3)cc1N2c1cc(C)c(-c2ccc3c(c2)sc2ccccc23)c(C)c1. The van der Waals surface area contributed by atoms with Crippen LogP contribution < -0.4 is 31.1 Å². The Bertz CT molecular complexity index is 4890. The summed E-state index contributed by atoms with van der Waals surface area (Å²) in [6, 6.07) is 85.9. The molecule has 13 aromatic rings. The molecule has 0 amide bonds. The molecular formula is C81H73BN4S. The lowest BCUT2D eigenvalue weighted by Gasteiger charge is -2.45. The van der Waals surface area contributed by atoms with Crippen molar-refractivity contribution >= 4 is 128 Å². The fourth-order valence-corrected chi connectivity index (χ4v) is 15.5. The predicted molar refractivity (Wildman–Crippen MR) is 378 cm³/mol. The minimum atomic E-state index is -0.0659. The Morgan fingerprint density at radius 2 is 0.885 bits per heavy atom. The van der Waals surface area contributed by atoms with Crippen molar-refractivity contribution < 1.29 is 0 Å². The maximum absolute atomic E-state index is 2.62. The molecule has 0 spiro atoms. The molecule has 4 nitrogen and oxygen atoms in total. The Hall–Kier alpha value is -9.10. The average molecular weight is 1150 g/mol. The number of para-hydroxylation sites is 2. The molecule has 0 saturated heterocycles. The van der Waals surface area contributed by atoms with Gasteiger partial charge in [0.1, 0.15) is 0 Å². The summed E-state index contributed by atoms with van der Waals surface area (Å²) in [6.07, 6.45) is 0. The Balaban J connectivity index is 0.986. The van der Waals surface area contributed by atoms with Gasteiger partial charge in [-0.05, 0) is 207 Å². The van der Waals surface area contributed by atoms with Crippen molar-refractivity contribution in [3.05, 3.63) is 258 Å². The van der Waals surface area contributed by atoms with Gasteiger partial charge in [-0.15, -0.1) is 11.3 Å². The molecule has 0 aliphatic carbocycles. The first kappa shape index (κ1) is 54.6. The number of nitrogens with zero attached hydrogens (tertiary/aromatic N) is 4. The van der Waals surface area contributed by atoms with Crippen LogP contribution in [0.4, 0.5) is 51.2 Å². The molecule has 0 radical (unpaired) electrons. The first-order chi connectivity index (χ1) is 41.8. The highest BCUT2D eigenvalue weighted by molar-refractivity contribution is 7.25. The van der Waals surface area contributed by atoms with Crippen LogP contribution in [0.5, 0.6) is 0 Å². The first-order valence-electron chi connectivity index (χ1n) is 30.9. The fourth-order valence-electron chi connectivity index (χ4n) is 14.3. The summed E-state index contributed by atoms with van der Waals surface area (Å²) in [7, 11) is 0. The highest BCUT2D eigenvalue weighted by atomic mass is 32.1. The zero-order valence-electron chi connectivity index (χ0n) is 52.1. The number of hydrogen-bond donors (Lipinski definition) is 0. The largest absolute Gasteiger partial charge is 0.311 e. The monoisotopic (exact) mass is 1140 g/mol. The van der Waals surface area contributed by atoms with Gasteiger partial charge in [-0.25, -0.2) is 0 Å². The van der Waals surface area contributed by atoms with Gasteiger partial charge in [0.05, 0.1) is 11.0 Å². The highest BCUT2D eigenvalue weighted by Crippen LogP contribution is 2.50. The van der Waals surface area contributed by atoms with Crippen LogP contribution in [0.25, 0.3) is 58.8 Å². The van der Waals surface area contributed by atoms with Gasteiger partial charge in [0.25, 0.3) is 6.71 Å². The van der Waals surface area contributed by atoms with Crippen molar-refractivity contribution in [2.24, 2.45) is 0 Å². The second kappa shape index (κ2) is 20.0. The normalized spacial score (nSPS) is 13.2. The molecule has 0 N–H and O–H groups in total. The van der Waals surface area contributed by atoms with E-state index in [0.29, 0.717) is 0 Å². The van der Waals surface area contributed by atoms with E-state index < -0.39 is 0 Å². The zero-order chi connectivity index (χ0) is 60.0. The molecule has 426 valence electrons. The number of thiophene rings is 1. The number of benzene rings is 11. The van der Waals surface area contributed by atoms with Gasteiger partial charge in [-0.3, -0.25) is 0 Å².